The molecular weight excluding hydrogens is 202 g/mol. The fraction of sp³-hybridized carbons (Fsp3) is 0.778. The van der Waals surface area contributed by atoms with Crippen LogP contribution in [0, 0.1) is 0 Å². The molecule has 0 aliphatic carbocycles. The van der Waals surface area contributed by atoms with Crippen LogP contribution in [0.3, 0.4) is 0 Å². The first kappa shape index (κ1) is 8.96. The van der Waals surface area contributed by atoms with E-state index in [2.05, 4.69) is 0 Å². The Morgan fingerprint density at radius 1 is 1.27 bits per heavy atom. The topological polar surface area (TPSA) is 65.1 Å². The van der Waals surface area contributed by atoms with Crippen LogP contribution in [0.15, 0.2) is 0 Å². The molecule has 0 aromatic rings. The molecule has 0 saturated carbocycles. The number of ether oxygens (including phenoxy) is 3. The van der Waals surface area contributed by atoms with Gasteiger partial charge in [0.15, 0.2) is 0 Å². The molecule has 0 spiro atoms. The molecule has 0 N–H and O–H groups in total. The summed E-state index contributed by atoms with van der Waals surface area (Å²) in [5, 5.41) is 0. The minimum Gasteiger partial charge on any atom is -0.459 e. The maximum absolute atomic E-state index is 11.2. The van der Waals surface area contributed by atoms with Gasteiger partial charge < -0.3 is 19.1 Å². The molecular formula is C9H11NO5. The lowest BCUT2D eigenvalue weighted by molar-refractivity contribution is -0.181. The van der Waals surface area contributed by atoms with Crippen molar-refractivity contribution in [3.05, 3.63) is 0 Å². The van der Waals surface area contributed by atoms with Gasteiger partial charge in [0.1, 0.15) is 18.2 Å². The standard InChI is InChI=1S/C9H11NO5/c1-10-4-2-5-6(3-7(11)13-5)14-8(4)15-9(10)12/h4-6,8H,2-3H2,1H3/t4-,5+,6+,8-/m0/s1. The Morgan fingerprint density at radius 2 is 2.07 bits per heavy atom. The molecule has 0 aromatic heterocycles. The second-order valence-electron chi connectivity index (χ2n) is 4.07. The van der Waals surface area contributed by atoms with E-state index < -0.39 is 6.29 Å². The van der Waals surface area contributed by atoms with Gasteiger partial charge >= 0.3 is 12.1 Å². The average Bonchev–Trinajstić information content (AvgIpc) is 2.65. The number of rotatable bonds is 0. The van der Waals surface area contributed by atoms with Crippen LogP contribution in [0.5, 0.6) is 0 Å². The van der Waals surface area contributed by atoms with E-state index in [1.54, 1.807) is 7.05 Å². The fourth-order valence-corrected chi connectivity index (χ4v) is 2.30. The van der Waals surface area contributed by atoms with Crippen molar-refractivity contribution in [2.24, 2.45) is 0 Å². The van der Waals surface area contributed by atoms with Crippen LogP contribution in [-0.2, 0) is 19.0 Å². The fourth-order valence-electron chi connectivity index (χ4n) is 2.30. The van der Waals surface area contributed by atoms with Gasteiger partial charge in [-0.3, -0.25) is 4.79 Å². The highest BCUT2D eigenvalue weighted by molar-refractivity contribution is 5.73. The van der Waals surface area contributed by atoms with Crippen LogP contribution in [0.25, 0.3) is 0 Å². The highest BCUT2D eigenvalue weighted by Crippen LogP contribution is 2.35. The zero-order chi connectivity index (χ0) is 10.6. The quantitative estimate of drug-likeness (QED) is 0.524. The smallest absolute Gasteiger partial charge is 0.412 e. The summed E-state index contributed by atoms with van der Waals surface area (Å²) in [4.78, 5) is 23.8. The highest BCUT2D eigenvalue weighted by Gasteiger charge is 2.52. The summed E-state index contributed by atoms with van der Waals surface area (Å²) in [6, 6.07) is -0.135. The summed E-state index contributed by atoms with van der Waals surface area (Å²) < 4.78 is 15.6. The third-order valence-electron chi connectivity index (χ3n) is 3.16. The molecule has 3 rings (SSSR count). The first-order valence-electron chi connectivity index (χ1n) is 4.93. The predicted molar refractivity (Wildman–Crippen MR) is 45.8 cm³/mol. The van der Waals surface area contributed by atoms with Crippen molar-refractivity contribution >= 4 is 12.1 Å². The third kappa shape index (κ3) is 1.21. The lowest BCUT2D eigenvalue weighted by atomic mass is 10.0. The molecule has 3 aliphatic heterocycles. The first-order chi connectivity index (χ1) is 7.15. The molecule has 4 atom stereocenters. The Morgan fingerprint density at radius 3 is 2.87 bits per heavy atom. The van der Waals surface area contributed by atoms with Gasteiger partial charge in [0.25, 0.3) is 0 Å². The minimum absolute atomic E-state index is 0.135. The Labute approximate surface area is 86.1 Å². The Kier molecular flexibility index (Phi) is 1.70. The predicted octanol–water partition coefficient (Wildman–Crippen LogP) is -0.133. The molecule has 3 aliphatic rings. The number of fused-ring (bicyclic) bond motifs is 2. The van der Waals surface area contributed by atoms with Crippen molar-refractivity contribution in [2.45, 2.75) is 37.4 Å². The zero-order valence-corrected chi connectivity index (χ0v) is 8.21. The molecule has 6 heteroatoms. The molecule has 1 amide bonds. The van der Waals surface area contributed by atoms with Crippen molar-refractivity contribution < 1.29 is 23.8 Å². The summed E-state index contributed by atoms with van der Waals surface area (Å²) in [6.07, 6.45) is -0.540. The van der Waals surface area contributed by atoms with Crippen LogP contribution in [0.1, 0.15) is 12.8 Å². The summed E-state index contributed by atoms with van der Waals surface area (Å²) >= 11 is 0. The molecule has 0 aromatic carbocycles. The van der Waals surface area contributed by atoms with Crippen LogP contribution in [0.2, 0.25) is 0 Å². The molecule has 0 bridgehead atoms. The van der Waals surface area contributed by atoms with E-state index in [4.69, 9.17) is 14.2 Å². The summed E-state index contributed by atoms with van der Waals surface area (Å²) in [6.45, 7) is 0. The maximum Gasteiger partial charge on any atom is 0.412 e. The van der Waals surface area contributed by atoms with Crippen LogP contribution in [-0.4, -0.2) is 48.5 Å². The van der Waals surface area contributed by atoms with Crippen molar-refractivity contribution in [2.75, 3.05) is 7.05 Å². The van der Waals surface area contributed by atoms with E-state index in [1.165, 1.54) is 4.90 Å². The van der Waals surface area contributed by atoms with Crippen LogP contribution >= 0.6 is 0 Å². The number of hydrogen-bond donors (Lipinski definition) is 0. The van der Waals surface area contributed by atoms with E-state index in [0.29, 0.717) is 6.42 Å². The van der Waals surface area contributed by atoms with Gasteiger partial charge in [0.05, 0.1) is 6.42 Å². The van der Waals surface area contributed by atoms with Crippen LogP contribution in [0.4, 0.5) is 4.79 Å². The normalized spacial score (nSPS) is 43.4. The minimum atomic E-state index is -0.543. The largest absolute Gasteiger partial charge is 0.459 e. The molecule has 15 heavy (non-hydrogen) atoms. The average molecular weight is 213 g/mol. The molecule has 3 fully saturated rings. The van der Waals surface area contributed by atoms with Crippen molar-refractivity contribution in [3.8, 4) is 0 Å². The molecule has 3 heterocycles. The second-order valence-corrected chi connectivity index (χ2v) is 4.07. The Balaban J connectivity index is 1.80. The van der Waals surface area contributed by atoms with Gasteiger partial charge in [0, 0.05) is 13.5 Å². The van der Waals surface area contributed by atoms with E-state index in [1.807, 2.05) is 0 Å². The highest BCUT2D eigenvalue weighted by atomic mass is 16.7. The van der Waals surface area contributed by atoms with Crippen molar-refractivity contribution in [3.63, 3.8) is 0 Å². The van der Waals surface area contributed by atoms with E-state index in [0.717, 1.165) is 0 Å². The molecule has 0 radical (unpaired) electrons. The lowest BCUT2D eigenvalue weighted by Gasteiger charge is -2.32. The molecule has 3 saturated heterocycles. The Bertz CT molecular complexity index is 330. The van der Waals surface area contributed by atoms with Gasteiger partial charge in [-0.2, -0.15) is 0 Å². The summed E-state index contributed by atoms with van der Waals surface area (Å²) in [5.41, 5.74) is 0. The van der Waals surface area contributed by atoms with E-state index in [9.17, 15) is 9.59 Å². The summed E-state index contributed by atoms with van der Waals surface area (Å²) in [7, 11) is 1.66. The van der Waals surface area contributed by atoms with Gasteiger partial charge in [0.2, 0.25) is 6.29 Å². The molecule has 82 valence electrons. The van der Waals surface area contributed by atoms with E-state index >= 15 is 0 Å². The SMILES string of the molecule is CN1C(=O)O[C@@H]2O[C@@H]3CC(=O)O[C@@H]3C[C@@H]21. The maximum atomic E-state index is 11.2. The van der Waals surface area contributed by atoms with Crippen LogP contribution < -0.4 is 0 Å². The monoisotopic (exact) mass is 213 g/mol. The third-order valence-corrected chi connectivity index (χ3v) is 3.16. The number of hydrogen-bond acceptors (Lipinski definition) is 5. The van der Waals surface area contributed by atoms with Gasteiger partial charge in [-0.05, 0) is 0 Å². The molecule has 0 unspecified atom stereocenters. The number of nitrogens with zero attached hydrogens (tertiary/aromatic N) is 1. The Hall–Kier alpha value is -1.30. The number of carbonyl (C=O) groups is 2. The number of likely N-dealkylation sites (N-methyl/N-ethyl adjacent to an activating group) is 1. The van der Waals surface area contributed by atoms with Crippen molar-refractivity contribution in [1.82, 2.24) is 4.90 Å². The lowest BCUT2D eigenvalue weighted by Crippen LogP contribution is -2.47. The van der Waals surface area contributed by atoms with Gasteiger partial charge in [-0.25, -0.2) is 4.79 Å². The number of carbonyl (C=O) groups excluding carboxylic acids is 2. The van der Waals surface area contributed by atoms with Gasteiger partial charge in [-0.1, -0.05) is 0 Å². The van der Waals surface area contributed by atoms with Gasteiger partial charge in [-0.15, -0.1) is 0 Å². The zero-order valence-electron chi connectivity index (χ0n) is 8.21. The summed E-state index contributed by atoms with van der Waals surface area (Å²) in [5.74, 6) is -0.237. The molecule has 6 nitrogen and oxygen atoms in total. The van der Waals surface area contributed by atoms with Crippen molar-refractivity contribution in [1.29, 1.82) is 0 Å². The van der Waals surface area contributed by atoms with E-state index in [-0.39, 0.29) is 36.7 Å². The number of amides is 1. The number of esters is 1. The first-order valence-corrected chi connectivity index (χ1v) is 4.93. The second kappa shape index (κ2) is 2.85.